The monoisotopic (exact) mass is 268 g/mol. The fourth-order valence-electron chi connectivity index (χ4n) is 2.57. The average molecular weight is 268 g/mol. The number of unbranched alkanes of at least 4 members (excludes halogenated alkanes) is 1. The van der Waals surface area contributed by atoms with Gasteiger partial charge in [-0.15, -0.1) is 6.58 Å². The molecule has 0 fully saturated rings. The Morgan fingerprint density at radius 1 is 1.00 bits per heavy atom. The van der Waals surface area contributed by atoms with Crippen LogP contribution in [0, 0.1) is 11.8 Å². The van der Waals surface area contributed by atoms with Crippen LogP contribution in [0.4, 0.5) is 0 Å². The van der Waals surface area contributed by atoms with Crippen LogP contribution >= 0.6 is 0 Å². The van der Waals surface area contributed by atoms with Crippen LogP contribution in [-0.4, -0.2) is 10.7 Å². The first-order valence-electron chi connectivity index (χ1n) is 8.27. The molecule has 3 atom stereocenters. The molecule has 0 bridgehead atoms. The molecule has 0 heterocycles. The standard InChI is InChI=1S/C18H36O/c1-6-8-11-16(3)12-9-13-17(4)14-10-15-18(5,19)7-2/h7,16-17,19H,2,6,8-15H2,1,3-5H3. The molecule has 0 aliphatic rings. The second kappa shape index (κ2) is 10.5. The van der Waals surface area contributed by atoms with Crippen LogP contribution in [0.1, 0.15) is 85.5 Å². The van der Waals surface area contributed by atoms with Crippen molar-refractivity contribution in [3.05, 3.63) is 12.7 Å². The minimum Gasteiger partial charge on any atom is -0.386 e. The zero-order valence-corrected chi connectivity index (χ0v) is 13.8. The SMILES string of the molecule is C=CC(C)(O)CCCC(C)CCCC(C)CCCC. The Labute approximate surface area is 121 Å². The fourth-order valence-corrected chi connectivity index (χ4v) is 2.57. The molecule has 0 aliphatic carbocycles. The highest BCUT2D eigenvalue weighted by Gasteiger charge is 2.15. The third-order valence-corrected chi connectivity index (χ3v) is 4.26. The molecule has 0 radical (unpaired) electrons. The van der Waals surface area contributed by atoms with E-state index in [1.54, 1.807) is 6.08 Å². The Bertz CT molecular complexity index is 220. The summed E-state index contributed by atoms with van der Waals surface area (Å²) in [5, 5.41) is 9.85. The molecule has 1 heteroatoms. The fraction of sp³-hybridized carbons (Fsp3) is 0.889. The maximum Gasteiger partial charge on any atom is 0.0797 e. The molecule has 0 aromatic carbocycles. The molecule has 1 nitrogen and oxygen atoms in total. The van der Waals surface area contributed by atoms with Gasteiger partial charge < -0.3 is 5.11 Å². The van der Waals surface area contributed by atoms with Crippen LogP contribution in [0.15, 0.2) is 12.7 Å². The lowest BCUT2D eigenvalue weighted by Crippen LogP contribution is -2.20. The van der Waals surface area contributed by atoms with Crippen molar-refractivity contribution in [2.24, 2.45) is 11.8 Å². The Morgan fingerprint density at radius 3 is 1.95 bits per heavy atom. The summed E-state index contributed by atoms with van der Waals surface area (Å²) in [6.45, 7) is 12.5. The van der Waals surface area contributed by atoms with E-state index in [9.17, 15) is 5.11 Å². The Balaban J connectivity index is 3.54. The van der Waals surface area contributed by atoms with Gasteiger partial charge in [-0.3, -0.25) is 0 Å². The van der Waals surface area contributed by atoms with E-state index in [2.05, 4.69) is 27.4 Å². The largest absolute Gasteiger partial charge is 0.386 e. The van der Waals surface area contributed by atoms with E-state index in [4.69, 9.17) is 0 Å². The molecular weight excluding hydrogens is 232 g/mol. The van der Waals surface area contributed by atoms with Gasteiger partial charge in [0.25, 0.3) is 0 Å². The number of hydrogen-bond acceptors (Lipinski definition) is 1. The first-order valence-corrected chi connectivity index (χ1v) is 8.27. The third-order valence-electron chi connectivity index (χ3n) is 4.26. The normalized spacial score (nSPS) is 17.7. The Hall–Kier alpha value is -0.300. The highest BCUT2D eigenvalue weighted by molar-refractivity contribution is 4.91. The molecule has 1 N–H and O–H groups in total. The van der Waals surface area contributed by atoms with Gasteiger partial charge in [-0.25, -0.2) is 0 Å². The smallest absolute Gasteiger partial charge is 0.0797 e. The number of hydrogen-bond donors (Lipinski definition) is 1. The zero-order valence-electron chi connectivity index (χ0n) is 13.8. The van der Waals surface area contributed by atoms with Gasteiger partial charge in [-0.05, 0) is 25.2 Å². The van der Waals surface area contributed by atoms with Crippen molar-refractivity contribution in [1.82, 2.24) is 0 Å². The molecular formula is C18H36O. The maximum atomic E-state index is 9.85. The van der Waals surface area contributed by atoms with Gasteiger partial charge >= 0.3 is 0 Å². The van der Waals surface area contributed by atoms with Crippen molar-refractivity contribution in [1.29, 1.82) is 0 Å². The van der Waals surface area contributed by atoms with Gasteiger partial charge in [-0.1, -0.05) is 78.2 Å². The van der Waals surface area contributed by atoms with Gasteiger partial charge in [0.2, 0.25) is 0 Å². The molecule has 0 amide bonds. The maximum absolute atomic E-state index is 9.85. The van der Waals surface area contributed by atoms with Crippen molar-refractivity contribution in [3.63, 3.8) is 0 Å². The lowest BCUT2D eigenvalue weighted by molar-refractivity contribution is 0.0974. The van der Waals surface area contributed by atoms with Gasteiger partial charge in [0.05, 0.1) is 5.60 Å². The number of rotatable bonds is 12. The predicted molar refractivity (Wildman–Crippen MR) is 86.4 cm³/mol. The summed E-state index contributed by atoms with van der Waals surface area (Å²) < 4.78 is 0. The number of aliphatic hydroxyl groups is 1. The van der Waals surface area contributed by atoms with Gasteiger partial charge in [0, 0.05) is 0 Å². The third kappa shape index (κ3) is 11.2. The molecule has 3 unspecified atom stereocenters. The average Bonchev–Trinajstić information content (AvgIpc) is 2.36. The summed E-state index contributed by atoms with van der Waals surface area (Å²) >= 11 is 0. The molecule has 114 valence electrons. The highest BCUT2D eigenvalue weighted by atomic mass is 16.3. The van der Waals surface area contributed by atoms with Crippen LogP contribution in [0.3, 0.4) is 0 Å². The Kier molecular flexibility index (Phi) is 10.3. The second-order valence-corrected chi connectivity index (χ2v) is 6.74. The van der Waals surface area contributed by atoms with E-state index >= 15 is 0 Å². The van der Waals surface area contributed by atoms with Crippen LogP contribution in [0.25, 0.3) is 0 Å². The van der Waals surface area contributed by atoms with Gasteiger partial charge in [0.15, 0.2) is 0 Å². The lowest BCUT2D eigenvalue weighted by Gasteiger charge is -2.19. The van der Waals surface area contributed by atoms with Gasteiger partial charge in [0.1, 0.15) is 0 Å². The van der Waals surface area contributed by atoms with E-state index in [0.29, 0.717) is 0 Å². The minimum absolute atomic E-state index is 0.672. The summed E-state index contributed by atoms with van der Waals surface area (Å²) in [5.74, 6) is 1.69. The van der Waals surface area contributed by atoms with Crippen LogP contribution in [0.2, 0.25) is 0 Å². The first kappa shape index (κ1) is 18.7. The summed E-state index contributed by atoms with van der Waals surface area (Å²) in [4.78, 5) is 0. The molecule has 0 aliphatic heterocycles. The van der Waals surface area contributed by atoms with Crippen molar-refractivity contribution >= 4 is 0 Å². The molecule has 0 aromatic rings. The molecule has 0 spiro atoms. The highest BCUT2D eigenvalue weighted by Crippen LogP contribution is 2.22. The van der Waals surface area contributed by atoms with Crippen molar-refractivity contribution in [2.45, 2.75) is 91.1 Å². The van der Waals surface area contributed by atoms with E-state index in [1.165, 1.54) is 44.9 Å². The molecule has 0 saturated carbocycles. The van der Waals surface area contributed by atoms with Crippen LogP contribution < -0.4 is 0 Å². The predicted octanol–water partition coefficient (Wildman–Crippen LogP) is 5.73. The van der Waals surface area contributed by atoms with Crippen molar-refractivity contribution in [2.75, 3.05) is 0 Å². The first-order chi connectivity index (χ1) is 8.91. The second-order valence-electron chi connectivity index (χ2n) is 6.74. The van der Waals surface area contributed by atoms with E-state index in [1.807, 2.05) is 6.92 Å². The van der Waals surface area contributed by atoms with Crippen molar-refractivity contribution in [3.8, 4) is 0 Å². The topological polar surface area (TPSA) is 20.2 Å². The molecule has 0 aromatic heterocycles. The zero-order chi connectivity index (χ0) is 14.7. The van der Waals surface area contributed by atoms with E-state index in [0.717, 1.165) is 24.7 Å². The minimum atomic E-state index is -0.672. The summed E-state index contributed by atoms with van der Waals surface area (Å²) in [7, 11) is 0. The summed E-state index contributed by atoms with van der Waals surface area (Å²) in [6.07, 6.45) is 13.0. The summed E-state index contributed by atoms with van der Waals surface area (Å²) in [6, 6.07) is 0. The van der Waals surface area contributed by atoms with E-state index < -0.39 is 5.60 Å². The quantitative estimate of drug-likeness (QED) is 0.448. The molecule has 19 heavy (non-hydrogen) atoms. The van der Waals surface area contributed by atoms with Crippen molar-refractivity contribution < 1.29 is 5.11 Å². The summed E-state index contributed by atoms with van der Waals surface area (Å²) in [5.41, 5.74) is -0.672. The van der Waals surface area contributed by atoms with Crippen LogP contribution in [0.5, 0.6) is 0 Å². The molecule has 0 rings (SSSR count). The molecule has 0 saturated heterocycles. The van der Waals surface area contributed by atoms with Crippen LogP contribution in [-0.2, 0) is 0 Å². The lowest BCUT2D eigenvalue weighted by atomic mass is 9.91. The van der Waals surface area contributed by atoms with E-state index in [-0.39, 0.29) is 0 Å². The Morgan fingerprint density at radius 2 is 1.47 bits per heavy atom. The van der Waals surface area contributed by atoms with Gasteiger partial charge in [-0.2, -0.15) is 0 Å².